The van der Waals surface area contributed by atoms with Crippen molar-refractivity contribution in [1.29, 1.82) is 0 Å². The molecule has 0 amide bonds. The van der Waals surface area contributed by atoms with Crippen molar-refractivity contribution in [3.05, 3.63) is 131 Å². The van der Waals surface area contributed by atoms with E-state index in [0.29, 0.717) is 0 Å². The van der Waals surface area contributed by atoms with Crippen molar-refractivity contribution in [2.45, 2.75) is 0 Å². The third-order valence-corrected chi connectivity index (χ3v) is 4.72. The molecule has 0 atom stereocenters. The molecule has 0 heterocycles. The highest BCUT2D eigenvalue weighted by atomic mass is 16.3. The van der Waals surface area contributed by atoms with Crippen molar-refractivity contribution in [3.8, 4) is 11.5 Å². The van der Waals surface area contributed by atoms with E-state index in [0.717, 1.165) is 33.4 Å². The van der Waals surface area contributed by atoms with E-state index >= 15 is 0 Å². The van der Waals surface area contributed by atoms with Crippen LogP contribution in [0.5, 0.6) is 11.5 Å². The van der Waals surface area contributed by atoms with Gasteiger partial charge in [-0.2, -0.15) is 0 Å². The Labute approximate surface area is 164 Å². The Bertz CT molecular complexity index is 1020. The molecule has 2 heteroatoms. The number of rotatable bonds is 4. The molecule has 0 fully saturated rings. The van der Waals surface area contributed by atoms with Gasteiger partial charge < -0.3 is 10.2 Å². The Hall–Kier alpha value is -3.78. The lowest BCUT2D eigenvalue weighted by Crippen LogP contribution is -1.98. The predicted molar refractivity (Wildman–Crippen MR) is 114 cm³/mol. The Kier molecular flexibility index (Phi) is 4.94. The molecule has 0 saturated carbocycles. The van der Waals surface area contributed by atoms with E-state index in [9.17, 15) is 10.2 Å². The molecule has 4 rings (SSSR count). The molecule has 28 heavy (non-hydrogen) atoms. The minimum atomic E-state index is 0.199. The summed E-state index contributed by atoms with van der Waals surface area (Å²) in [7, 11) is 0. The van der Waals surface area contributed by atoms with Crippen LogP contribution in [0, 0.1) is 0 Å². The van der Waals surface area contributed by atoms with Crippen LogP contribution >= 0.6 is 0 Å². The minimum Gasteiger partial charge on any atom is -0.507 e. The second kappa shape index (κ2) is 7.85. The number of phenols is 2. The molecule has 0 saturated heterocycles. The molecular weight excluding hydrogens is 344 g/mol. The molecule has 0 radical (unpaired) electrons. The maximum absolute atomic E-state index is 10.7. The summed E-state index contributed by atoms with van der Waals surface area (Å²) < 4.78 is 0. The zero-order chi connectivity index (χ0) is 19.3. The summed E-state index contributed by atoms with van der Waals surface area (Å²) in [6.45, 7) is 0. The van der Waals surface area contributed by atoms with Gasteiger partial charge in [0.25, 0.3) is 0 Å². The molecule has 0 aliphatic carbocycles. The lowest BCUT2D eigenvalue weighted by atomic mass is 9.85. The van der Waals surface area contributed by atoms with Crippen LogP contribution in [0.4, 0.5) is 0 Å². The lowest BCUT2D eigenvalue weighted by Gasteiger charge is -2.19. The van der Waals surface area contributed by atoms with Gasteiger partial charge in [-0.05, 0) is 23.3 Å². The SMILES string of the molecule is Oc1ccccc1C(=C(c1ccccc1)c1ccccc1O)c1ccccc1. The Morgan fingerprint density at radius 1 is 0.393 bits per heavy atom. The van der Waals surface area contributed by atoms with Crippen molar-refractivity contribution in [3.63, 3.8) is 0 Å². The summed E-state index contributed by atoms with van der Waals surface area (Å²) in [5.41, 5.74) is 5.10. The molecule has 2 nitrogen and oxygen atoms in total. The first kappa shape index (κ1) is 17.6. The van der Waals surface area contributed by atoms with Gasteiger partial charge in [-0.3, -0.25) is 0 Å². The van der Waals surface area contributed by atoms with Crippen LogP contribution in [0.25, 0.3) is 11.1 Å². The fourth-order valence-corrected chi connectivity index (χ4v) is 3.45. The van der Waals surface area contributed by atoms with Gasteiger partial charge in [0.15, 0.2) is 0 Å². The molecule has 4 aromatic rings. The van der Waals surface area contributed by atoms with Gasteiger partial charge in [0.1, 0.15) is 11.5 Å². The van der Waals surface area contributed by atoms with Gasteiger partial charge in [-0.1, -0.05) is 97.1 Å². The van der Waals surface area contributed by atoms with Gasteiger partial charge in [0.2, 0.25) is 0 Å². The molecule has 0 aliphatic heterocycles. The maximum Gasteiger partial charge on any atom is 0.123 e. The van der Waals surface area contributed by atoms with E-state index < -0.39 is 0 Å². The van der Waals surface area contributed by atoms with Crippen molar-refractivity contribution in [1.82, 2.24) is 0 Å². The van der Waals surface area contributed by atoms with Gasteiger partial charge in [-0.15, -0.1) is 0 Å². The molecule has 2 N–H and O–H groups in total. The molecular formula is C26H20O2. The summed E-state index contributed by atoms with van der Waals surface area (Å²) in [4.78, 5) is 0. The number of benzene rings is 4. The van der Waals surface area contributed by atoms with E-state index in [-0.39, 0.29) is 11.5 Å². The van der Waals surface area contributed by atoms with Crippen LogP contribution in [0.15, 0.2) is 109 Å². The van der Waals surface area contributed by atoms with Crippen molar-refractivity contribution >= 4 is 11.1 Å². The van der Waals surface area contributed by atoms with E-state index in [1.54, 1.807) is 12.1 Å². The summed E-state index contributed by atoms with van der Waals surface area (Å²) in [5.74, 6) is 0.399. The third-order valence-electron chi connectivity index (χ3n) is 4.72. The maximum atomic E-state index is 10.7. The van der Waals surface area contributed by atoms with Crippen molar-refractivity contribution in [2.75, 3.05) is 0 Å². The average molecular weight is 364 g/mol. The molecule has 0 aromatic heterocycles. The summed E-state index contributed by atoms with van der Waals surface area (Å²) in [6.07, 6.45) is 0. The highest BCUT2D eigenvalue weighted by molar-refractivity contribution is 6.06. The highest BCUT2D eigenvalue weighted by Crippen LogP contribution is 2.41. The molecule has 136 valence electrons. The predicted octanol–water partition coefficient (Wildman–Crippen LogP) is 6.11. The second-order valence-corrected chi connectivity index (χ2v) is 6.52. The van der Waals surface area contributed by atoms with Gasteiger partial charge in [0, 0.05) is 22.3 Å². The number of hydrogen-bond acceptors (Lipinski definition) is 2. The topological polar surface area (TPSA) is 40.5 Å². The Morgan fingerprint density at radius 2 is 0.714 bits per heavy atom. The van der Waals surface area contributed by atoms with E-state index in [1.807, 2.05) is 97.1 Å². The second-order valence-electron chi connectivity index (χ2n) is 6.52. The Balaban J connectivity index is 2.16. The van der Waals surface area contributed by atoms with E-state index in [1.165, 1.54) is 0 Å². The smallest absolute Gasteiger partial charge is 0.123 e. The summed E-state index contributed by atoms with van der Waals surface area (Å²) >= 11 is 0. The quantitative estimate of drug-likeness (QED) is 0.429. The fraction of sp³-hybridized carbons (Fsp3) is 0. The van der Waals surface area contributed by atoms with Gasteiger partial charge in [-0.25, -0.2) is 0 Å². The van der Waals surface area contributed by atoms with Crippen LogP contribution in [0.3, 0.4) is 0 Å². The van der Waals surface area contributed by atoms with Crippen LogP contribution in [0.2, 0.25) is 0 Å². The fourth-order valence-electron chi connectivity index (χ4n) is 3.45. The number of aromatic hydroxyl groups is 2. The molecule has 4 aromatic carbocycles. The van der Waals surface area contributed by atoms with Gasteiger partial charge >= 0.3 is 0 Å². The van der Waals surface area contributed by atoms with Crippen molar-refractivity contribution in [2.24, 2.45) is 0 Å². The third kappa shape index (κ3) is 3.40. The number of phenolic OH excluding ortho intramolecular Hbond substituents is 2. The first-order valence-electron chi connectivity index (χ1n) is 9.17. The normalized spacial score (nSPS) is 11.7. The first-order chi connectivity index (χ1) is 13.8. The van der Waals surface area contributed by atoms with Crippen LogP contribution in [-0.4, -0.2) is 10.2 Å². The molecule has 0 unspecified atom stereocenters. The van der Waals surface area contributed by atoms with E-state index in [2.05, 4.69) is 0 Å². The minimum absolute atomic E-state index is 0.199. The zero-order valence-electron chi connectivity index (χ0n) is 15.3. The largest absolute Gasteiger partial charge is 0.507 e. The Morgan fingerprint density at radius 3 is 1.07 bits per heavy atom. The summed E-state index contributed by atoms with van der Waals surface area (Å²) in [5, 5.41) is 21.3. The van der Waals surface area contributed by atoms with Crippen LogP contribution in [0.1, 0.15) is 22.3 Å². The number of hydrogen-bond donors (Lipinski definition) is 2. The molecule has 0 aliphatic rings. The monoisotopic (exact) mass is 364 g/mol. The summed E-state index contributed by atoms with van der Waals surface area (Å²) in [6, 6.07) is 34.5. The van der Waals surface area contributed by atoms with Crippen LogP contribution < -0.4 is 0 Å². The van der Waals surface area contributed by atoms with Crippen LogP contribution in [-0.2, 0) is 0 Å². The van der Waals surface area contributed by atoms with Gasteiger partial charge in [0.05, 0.1) is 0 Å². The van der Waals surface area contributed by atoms with E-state index in [4.69, 9.17) is 0 Å². The highest BCUT2D eigenvalue weighted by Gasteiger charge is 2.19. The molecule has 0 bridgehead atoms. The number of para-hydroxylation sites is 2. The van der Waals surface area contributed by atoms with Crippen molar-refractivity contribution < 1.29 is 10.2 Å². The lowest BCUT2D eigenvalue weighted by molar-refractivity contribution is 0.472. The standard InChI is InChI=1S/C26H20O2/c27-23-17-9-7-15-21(23)25(19-11-3-1-4-12-19)26(20-13-5-2-6-14-20)22-16-8-10-18-24(22)28/h1-18,27-28H. The zero-order valence-corrected chi connectivity index (χ0v) is 15.3. The first-order valence-corrected chi connectivity index (χ1v) is 9.17. The average Bonchev–Trinajstić information content (AvgIpc) is 2.75. The molecule has 0 spiro atoms.